The van der Waals surface area contributed by atoms with Gasteiger partial charge in [-0.3, -0.25) is 0 Å². The summed E-state index contributed by atoms with van der Waals surface area (Å²) in [6.07, 6.45) is 0. The summed E-state index contributed by atoms with van der Waals surface area (Å²) in [4.78, 5) is 4.48. The van der Waals surface area contributed by atoms with Gasteiger partial charge in [-0.2, -0.15) is 0 Å². The zero-order chi connectivity index (χ0) is 10.1. The van der Waals surface area contributed by atoms with Crippen LogP contribution in [0, 0.1) is 0 Å². The van der Waals surface area contributed by atoms with Gasteiger partial charge in [0.1, 0.15) is 0 Å². The standard InChI is InChI=1S/C11H14N2S/c1-7(2)8-4-5-10-9(6-8)13-11(12-3)14-10/h4-7H,1-3H3,(H,12,13). The molecule has 0 bridgehead atoms. The van der Waals surface area contributed by atoms with Gasteiger partial charge in [-0.1, -0.05) is 31.3 Å². The lowest BCUT2D eigenvalue weighted by Gasteiger charge is -2.03. The molecule has 74 valence electrons. The van der Waals surface area contributed by atoms with E-state index in [1.165, 1.54) is 10.3 Å². The summed E-state index contributed by atoms with van der Waals surface area (Å²) >= 11 is 1.70. The van der Waals surface area contributed by atoms with Crippen LogP contribution in [0.25, 0.3) is 10.2 Å². The Hall–Kier alpha value is -1.09. The molecule has 1 N–H and O–H groups in total. The fourth-order valence-electron chi connectivity index (χ4n) is 1.41. The molecule has 0 spiro atoms. The van der Waals surface area contributed by atoms with E-state index in [1.54, 1.807) is 11.3 Å². The summed E-state index contributed by atoms with van der Waals surface area (Å²) in [5, 5.41) is 4.06. The van der Waals surface area contributed by atoms with Crippen LogP contribution in [0.5, 0.6) is 0 Å². The second kappa shape index (κ2) is 3.58. The van der Waals surface area contributed by atoms with Gasteiger partial charge in [0.25, 0.3) is 0 Å². The van der Waals surface area contributed by atoms with Crippen LogP contribution in [-0.2, 0) is 0 Å². The molecule has 0 amide bonds. The van der Waals surface area contributed by atoms with Crippen molar-refractivity contribution in [1.82, 2.24) is 4.98 Å². The minimum absolute atomic E-state index is 0.569. The Labute approximate surface area is 88.0 Å². The van der Waals surface area contributed by atoms with Crippen molar-refractivity contribution in [3.63, 3.8) is 0 Å². The Morgan fingerprint density at radius 3 is 2.79 bits per heavy atom. The zero-order valence-corrected chi connectivity index (χ0v) is 9.48. The molecular formula is C11H14N2S. The zero-order valence-electron chi connectivity index (χ0n) is 8.66. The topological polar surface area (TPSA) is 24.9 Å². The van der Waals surface area contributed by atoms with Crippen LogP contribution < -0.4 is 5.32 Å². The Balaban J connectivity index is 2.54. The van der Waals surface area contributed by atoms with Crippen LogP contribution in [0.15, 0.2) is 18.2 Å². The second-order valence-corrected chi connectivity index (χ2v) is 4.68. The molecule has 2 nitrogen and oxygen atoms in total. The van der Waals surface area contributed by atoms with Gasteiger partial charge in [0, 0.05) is 7.05 Å². The maximum absolute atomic E-state index is 4.48. The van der Waals surface area contributed by atoms with E-state index in [2.05, 4.69) is 42.3 Å². The molecule has 0 fully saturated rings. The van der Waals surface area contributed by atoms with E-state index in [1.807, 2.05) is 7.05 Å². The summed E-state index contributed by atoms with van der Waals surface area (Å²) in [6.45, 7) is 4.40. The molecular weight excluding hydrogens is 192 g/mol. The predicted octanol–water partition coefficient (Wildman–Crippen LogP) is 3.46. The van der Waals surface area contributed by atoms with Gasteiger partial charge in [0.05, 0.1) is 10.2 Å². The van der Waals surface area contributed by atoms with Crippen LogP contribution in [-0.4, -0.2) is 12.0 Å². The minimum Gasteiger partial charge on any atom is -0.365 e. The summed E-state index contributed by atoms with van der Waals surface area (Å²) in [7, 11) is 1.90. The highest BCUT2D eigenvalue weighted by atomic mass is 32.1. The second-order valence-electron chi connectivity index (χ2n) is 3.65. The van der Waals surface area contributed by atoms with Gasteiger partial charge in [-0.15, -0.1) is 0 Å². The number of nitrogens with one attached hydrogen (secondary N) is 1. The largest absolute Gasteiger partial charge is 0.365 e. The lowest BCUT2D eigenvalue weighted by Crippen LogP contribution is -1.86. The molecule has 14 heavy (non-hydrogen) atoms. The third kappa shape index (κ3) is 1.60. The minimum atomic E-state index is 0.569. The van der Waals surface area contributed by atoms with Crippen molar-refractivity contribution in [2.24, 2.45) is 0 Å². The third-order valence-corrected chi connectivity index (χ3v) is 3.35. The van der Waals surface area contributed by atoms with Crippen molar-refractivity contribution < 1.29 is 0 Å². The summed E-state index contributed by atoms with van der Waals surface area (Å²) in [6, 6.07) is 6.52. The molecule has 0 aliphatic carbocycles. The number of nitrogens with zero attached hydrogens (tertiary/aromatic N) is 1. The molecule has 0 unspecified atom stereocenters. The number of rotatable bonds is 2. The maximum Gasteiger partial charge on any atom is 0.183 e. The van der Waals surface area contributed by atoms with E-state index < -0.39 is 0 Å². The molecule has 2 aromatic rings. The number of thiazole rings is 1. The van der Waals surface area contributed by atoms with Crippen LogP contribution in [0.1, 0.15) is 25.3 Å². The number of aromatic nitrogens is 1. The highest BCUT2D eigenvalue weighted by Crippen LogP contribution is 2.28. The smallest absolute Gasteiger partial charge is 0.183 e. The van der Waals surface area contributed by atoms with Crippen LogP contribution in [0.3, 0.4) is 0 Å². The van der Waals surface area contributed by atoms with E-state index in [-0.39, 0.29) is 0 Å². The molecule has 1 aromatic heterocycles. The number of fused-ring (bicyclic) bond motifs is 1. The van der Waals surface area contributed by atoms with Gasteiger partial charge >= 0.3 is 0 Å². The number of anilines is 1. The Morgan fingerprint density at radius 1 is 1.36 bits per heavy atom. The van der Waals surface area contributed by atoms with Gasteiger partial charge in [-0.05, 0) is 23.6 Å². The van der Waals surface area contributed by atoms with Crippen molar-refractivity contribution in [2.45, 2.75) is 19.8 Å². The van der Waals surface area contributed by atoms with Crippen molar-refractivity contribution in [2.75, 3.05) is 12.4 Å². The first-order chi connectivity index (χ1) is 6.70. The molecule has 0 saturated carbocycles. The van der Waals surface area contributed by atoms with Crippen molar-refractivity contribution >= 4 is 26.7 Å². The normalized spacial score (nSPS) is 11.1. The van der Waals surface area contributed by atoms with E-state index in [0.717, 1.165) is 10.6 Å². The SMILES string of the molecule is CNc1nc2cc(C(C)C)ccc2s1. The van der Waals surface area contributed by atoms with Gasteiger partial charge in [0.15, 0.2) is 5.13 Å². The van der Waals surface area contributed by atoms with Gasteiger partial charge in [-0.25, -0.2) is 4.98 Å². The van der Waals surface area contributed by atoms with Crippen LogP contribution >= 0.6 is 11.3 Å². The molecule has 3 heteroatoms. The number of hydrogen-bond acceptors (Lipinski definition) is 3. The molecule has 2 rings (SSSR count). The number of benzene rings is 1. The molecule has 0 saturated heterocycles. The first-order valence-electron chi connectivity index (χ1n) is 4.79. The lowest BCUT2D eigenvalue weighted by atomic mass is 10.0. The Kier molecular flexibility index (Phi) is 2.42. The summed E-state index contributed by atoms with van der Waals surface area (Å²) in [5.74, 6) is 0.569. The predicted molar refractivity (Wildman–Crippen MR) is 63.3 cm³/mol. The quantitative estimate of drug-likeness (QED) is 0.814. The lowest BCUT2D eigenvalue weighted by molar-refractivity contribution is 0.868. The van der Waals surface area contributed by atoms with Gasteiger partial charge < -0.3 is 5.32 Å². The first-order valence-corrected chi connectivity index (χ1v) is 5.60. The third-order valence-electron chi connectivity index (χ3n) is 2.29. The highest BCUT2D eigenvalue weighted by molar-refractivity contribution is 7.22. The molecule has 0 aliphatic heterocycles. The number of hydrogen-bond donors (Lipinski definition) is 1. The van der Waals surface area contributed by atoms with E-state index in [0.29, 0.717) is 5.92 Å². The van der Waals surface area contributed by atoms with Crippen LogP contribution in [0.4, 0.5) is 5.13 Å². The summed E-state index contributed by atoms with van der Waals surface area (Å²) < 4.78 is 1.25. The Bertz CT molecular complexity index is 445. The van der Waals surface area contributed by atoms with E-state index in [4.69, 9.17) is 0 Å². The van der Waals surface area contributed by atoms with E-state index >= 15 is 0 Å². The molecule has 1 heterocycles. The Morgan fingerprint density at radius 2 is 2.14 bits per heavy atom. The maximum atomic E-state index is 4.48. The molecule has 0 aliphatic rings. The van der Waals surface area contributed by atoms with Crippen molar-refractivity contribution in [3.05, 3.63) is 23.8 Å². The molecule has 1 aromatic carbocycles. The monoisotopic (exact) mass is 206 g/mol. The van der Waals surface area contributed by atoms with Crippen molar-refractivity contribution in [3.8, 4) is 0 Å². The van der Waals surface area contributed by atoms with Crippen molar-refractivity contribution in [1.29, 1.82) is 0 Å². The fourth-order valence-corrected chi connectivity index (χ4v) is 2.21. The molecule has 0 atom stereocenters. The fraction of sp³-hybridized carbons (Fsp3) is 0.364. The molecule has 0 radical (unpaired) electrons. The summed E-state index contributed by atoms with van der Waals surface area (Å²) in [5.41, 5.74) is 2.45. The van der Waals surface area contributed by atoms with Gasteiger partial charge in [0.2, 0.25) is 0 Å². The average Bonchev–Trinajstić information content (AvgIpc) is 2.58. The average molecular weight is 206 g/mol. The highest BCUT2D eigenvalue weighted by Gasteiger charge is 2.04. The van der Waals surface area contributed by atoms with Crippen LogP contribution in [0.2, 0.25) is 0 Å². The van der Waals surface area contributed by atoms with E-state index in [9.17, 15) is 0 Å². The first kappa shape index (κ1) is 9.46.